The minimum absolute atomic E-state index is 0.142. The molecule has 0 amide bonds. The summed E-state index contributed by atoms with van der Waals surface area (Å²) in [4.78, 5) is 19.1. The number of ether oxygens (including phenoxy) is 1. The van der Waals surface area contributed by atoms with Crippen molar-refractivity contribution in [1.29, 1.82) is 5.26 Å². The van der Waals surface area contributed by atoms with Gasteiger partial charge in [-0.1, -0.05) is 6.07 Å². The average Bonchev–Trinajstić information content (AvgIpc) is 2.68. The number of hydrogen-bond donors (Lipinski definition) is 2. The fourth-order valence-corrected chi connectivity index (χ4v) is 2.81. The first-order chi connectivity index (χ1) is 13.0. The smallest absolute Gasteiger partial charge is 0.341 e. The summed E-state index contributed by atoms with van der Waals surface area (Å²) in [5.74, 6) is -0.464. The van der Waals surface area contributed by atoms with Gasteiger partial charge in [0.05, 0.1) is 5.69 Å². The van der Waals surface area contributed by atoms with E-state index in [0.717, 1.165) is 16.7 Å². The zero-order valence-electron chi connectivity index (χ0n) is 14.5. The summed E-state index contributed by atoms with van der Waals surface area (Å²) >= 11 is 0. The van der Waals surface area contributed by atoms with E-state index in [9.17, 15) is 10.1 Å². The summed E-state index contributed by atoms with van der Waals surface area (Å²) in [6.45, 7) is 1.46. The molecular formula is C20H16N4O3. The maximum absolute atomic E-state index is 10.6. The monoisotopic (exact) mass is 360 g/mol. The van der Waals surface area contributed by atoms with Crippen LogP contribution < -0.4 is 10.5 Å². The van der Waals surface area contributed by atoms with Gasteiger partial charge in [0.25, 0.3) is 0 Å². The highest BCUT2D eigenvalue weighted by Crippen LogP contribution is 2.35. The normalized spacial score (nSPS) is 10.2. The van der Waals surface area contributed by atoms with Crippen LogP contribution >= 0.6 is 0 Å². The van der Waals surface area contributed by atoms with Crippen molar-refractivity contribution in [2.75, 3.05) is 12.3 Å². The van der Waals surface area contributed by atoms with Crippen LogP contribution in [0.2, 0.25) is 0 Å². The molecule has 2 aromatic heterocycles. The quantitative estimate of drug-likeness (QED) is 0.717. The molecular weight excluding hydrogens is 344 g/mol. The van der Waals surface area contributed by atoms with Crippen molar-refractivity contribution < 1.29 is 14.6 Å². The second-order valence-corrected chi connectivity index (χ2v) is 5.78. The van der Waals surface area contributed by atoms with E-state index in [1.807, 2.05) is 13.0 Å². The third-order valence-electron chi connectivity index (χ3n) is 4.02. The molecule has 0 radical (unpaired) electrons. The van der Waals surface area contributed by atoms with Gasteiger partial charge in [-0.2, -0.15) is 5.26 Å². The minimum atomic E-state index is -1.04. The van der Waals surface area contributed by atoms with Crippen molar-refractivity contribution in [3.8, 4) is 34.2 Å². The molecule has 3 rings (SSSR count). The number of anilines is 1. The SMILES string of the molecule is Cc1c(-c2ccc(OCC(=O)O)cc2)nc(N)c(C#N)c1-c1cccnc1. The average molecular weight is 360 g/mol. The van der Waals surface area contributed by atoms with Crippen LogP contribution in [0.25, 0.3) is 22.4 Å². The number of nitrogens with zero attached hydrogens (tertiary/aromatic N) is 3. The Morgan fingerprint density at radius 2 is 2.00 bits per heavy atom. The fourth-order valence-electron chi connectivity index (χ4n) is 2.81. The van der Waals surface area contributed by atoms with Gasteiger partial charge in [0.1, 0.15) is 23.2 Å². The van der Waals surface area contributed by atoms with Crippen LogP contribution in [0.15, 0.2) is 48.8 Å². The molecule has 134 valence electrons. The molecule has 0 bridgehead atoms. The summed E-state index contributed by atoms with van der Waals surface area (Å²) < 4.78 is 5.15. The van der Waals surface area contributed by atoms with Gasteiger partial charge < -0.3 is 15.6 Å². The van der Waals surface area contributed by atoms with E-state index in [1.54, 1.807) is 42.7 Å². The van der Waals surface area contributed by atoms with Gasteiger partial charge in [0.2, 0.25) is 0 Å². The first-order valence-corrected chi connectivity index (χ1v) is 8.07. The number of rotatable bonds is 5. The molecule has 7 nitrogen and oxygen atoms in total. The van der Waals surface area contributed by atoms with Crippen LogP contribution in [-0.4, -0.2) is 27.7 Å². The lowest BCUT2D eigenvalue weighted by Crippen LogP contribution is -2.09. The summed E-state index contributed by atoms with van der Waals surface area (Å²) in [6.07, 6.45) is 3.33. The van der Waals surface area contributed by atoms with Crippen molar-refractivity contribution >= 4 is 11.8 Å². The first kappa shape index (κ1) is 17.9. The van der Waals surface area contributed by atoms with Crippen LogP contribution in [0.4, 0.5) is 5.82 Å². The van der Waals surface area contributed by atoms with E-state index < -0.39 is 12.6 Å². The molecule has 0 fully saturated rings. The van der Waals surface area contributed by atoms with Crippen LogP contribution in [-0.2, 0) is 4.79 Å². The van der Waals surface area contributed by atoms with E-state index in [0.29, 0.717) is 22.6 Å². The third kappa shape index (κ3) is 3.70. The largest absolute Gasteiger partial charge is 0.482 e. The Morgan fingerprint density at radius 1 is 1.26 bits per heavy atom. The molecule has 0 aliphatic carbocycles. The van der Waals surface area contributed by atoms with Gasteiger partial charge >= 0.3 is 5.97 Å². The number of nitrogen functional groups attached to an aromatic ring is 1. The highest BCUT2D eigenvalue weighted by atomic mass is 16.5. The van der Waals surface area contributed by atoms with Crippen molar-refractivity contribution in [3.05, 3.63) is 59.9 Å². The topological polar surface area (TPSA) is 122 Å². The highest BCUT2D eigenvalue weighted by molar-refractivity contribution is 5.83. The maximum Gasteiger partial charge on any atom is 0.341 e. The number of pyridine rings is 2. The van der Waals surface area contributed by atoms with Crippen molar-refractivity contribution in [2.45, 2.75) is 6.92 Å². The Labute approximate surface area is 155 Å². The first-order valence-electron chi connectivity index (χ1n) is 8.07. The van der Waals surface area contributed by atoms with Crippen molar-refractivity contribution in [2.24, 2.45) is 0 Å². The number of hydrogen-bond acceptors (Lipinski definition) is 6. The molecule has 2 heterocycles. The van der Waals surface area contributed by atoms with Gasteiger partial charge in [-0.05, 0) is 42.8 Å². The minimum Gasteiger partial charge on any atom is -0.482 e. The molecule has 0 unspecified atom stereocenters. The Balaban J connectivity index is 2.08. The number of aliphatic carboxylic acids is 1. The summed E-state index contributed by atoms with van der Waals surface area (Å²) in [5.41, 5.74) is 10.0. The molecule has 3 aromatic rings. The molecule has 0 spiro atoms. The zero-order chi connectivity index (χ0) is 19.4. The molecule has 0 aliphatic rings. The van der Waals surface area contributed by atoms with E-state index in [-0.39, 0.29) is 5.82 Å². The molecule has 7 heteroatoms. The zero-order valence-corrected chi connectivity index (χ0v) is 14.5. The Hall–Kier alpha value is -3.92. The lowest BCUT2D eigenvalue weighted by molar-refractivity contribution is -0.139. The third-order valence-corrected chi connectivity index (χ3v) is 4.02. The summed E-state index contributed by atoms with van der Waals surface area (Å²) in [5, 5.41) is 18.2. The van der Waals surface area contributed by atoms with Crippen LogP contribution in [0.5, 0.6) is 5.75 Å². The standard InChI is InChI=1S/C20H16N4O3/c1-12-18(14-3-2-8-23-10-14)16(9-21)20(22)24-19(12)13-4-6-15(7-5-13)27-11-17(25)26/h2-8,10H,11H2,1H3,(H2,22,24)(H,25,26). The molecule has 0 saturated heterocycles. The number of carboxylic acid groups (broad SMARTS) is 1. The number of carboxylic acids is 1. The van der Waals surface area contributed by atoms with Gasteiger partial charge in [0.15, 0.2) is 6.61 Å². The van der Waals surface area contributed by atoms with E-state index in [2.05, 4.69) is 16.0 Å². The number of aromatic nitrogens is 2. The molecule has 1 aromatic carbocycles. The van der Waals surface area contributed by atoms with Gasteiger partial charge in [-0.3, -0.25) is 4.98 Å². The Kier molecular flexibility index (Phi) is 4.99. The lowest BCUT2D eigenvalue weighted by atomic mass is 9.93. The van der Waals surface area contributed by atoms with E-state index >= 15 is 0 Å². The second kappa shape index (κ2) is 7.54. The summed E-state index contributed by atoms with van der Waals surface area (Å²) in [7, 11) is 0. The van der Waals surface area contributed by atoms with Gasteiger partial charge in [-0.25, -0.2) is 9.78 Å². The van der Waals surface area contributed by atoms with Crippen LogP contribution in [0.3, 0.4) is 0 Å². The van der Waals surface area contributed by atoms with Crippen LogP contribution in [0, 0.1) is 18.3 Å². The lowest BCUT2D eigenvalue weighted by Gasteiger charge is -2.15. The second-order valence-electron chi connectivity index (χ2n) is 5.78. The number of nitrogens with two attached hydrogens (primary N) is 1. The Morgan fingerprint density at radius 3 is 2.59 bits per heavy atom. The predicted octanol–water partition coefficient (Wildman–Crippen LogP) is 3.04. The maximum atomic E-state index is 10.6. The number of nitriles is 1. The van der Waals surface area contributed by atoms with E-state index in [4.69, 9.17) is 15.6 Å². The van der Waals surface area contributed by atoms with E-state index in [1.165, 1.54) is 0 Å². The number of benzene rings is 1. The molecule has 0 atom stereocenters. The Bertz CT molecular complexity index is 1030. The van der Waals surface area contributed by atoms with Crippen molar-refractivity contribution in [3.63, 3.8) is 0 Å². The molecule has 27 heavy (non-hydrogen) atoms. The molecule has 0 aliphatic heterocycles. The van der Waals surface area contributed by atoms with Crippen LogP contribution in [0.1, 0.15) is 11.1 Å². The van der Waals surface area contributed by atoms with Gasteiger partial charge in [0, 0.05) is 29.1 Å². The van der Waals surface area contributed by atoms with Crippen molar-refractivity contribution in [1.82, 2.24) is 9.97 Å². The summed E-state index contributed by atoms with van der Waals surface area (Å²) in [6, 6.07) is 12.6. The fraction of sp³-hybridized carbons (Fsp3) is 0.100. The predicted molar refractivity (Wildman–Crippen MR) is 99.9 cm³/mol. The van der Waals surface area contributed by atoms with Gasteiger partial charge in [-0.15, -0.1) is 0 Å². The highest BCUT2D eigenvalue weighted by Gasteiger charge is 2.18. The molecule has 3 N–H and O–H groups in total. The molecule has 0 saturated carbocycles. The number of carbonyl (C=O) groups is 1.